The van der Waals surface area contributed by atoms with E-state index in [1.165, 1.54) is 6.07 Å². The van der Waals surface area contributed by atoms with Gasteiger partial charge in [0.1, 0.15) is 11.2 Å². The number of carboxylic acids is 1. The summed E-state index contributed by atoms with van der Waals surface area (Å²) < 4.78 is 0. The van der Waals surface area contributed by atoms with E-state index in [0.717, 1.165) is 0 Å². The van der Waals surface area contributed by atoms with Crippen LogP contribution in [0.15, 0.2) is 12.1 Å². The molecule has 0 aliphatic carbocycles. The summed E-state index contributed by atoms with van der Waals surface area (Å²) in [7, 11) is 0. The van der Waals surface area contributed by atoms with E-state index in [0.29, 0.717) is 11.3 Å². The predicted molar refractivity (Wildman–Crippen MR) is 81.7 cm³/mol. The van der Waals surface area contributed by atoms with E-state index < -0.39 is 17.9 Å². The van der Waals surface area contributed by atoms with E-state index in [-0.39, 0.29) is 16.5 Å². The molecule has 1 aromatic rings. The van der Waals surface area contributed by atoms with E-state index in [1.54, 1.807) is 19.9 Å². The molecule has 0 bridgehead atoms. The number of carboxylic acid groups (broad SMARTS) is 1. The fraction of sp³-hybridized carbons (Fsp3) is 0.533. The Kier molecular flexibility index (Phi) is 5.34. The molecule has 5 nitrogen and oxygen atoms in total. The van der Waals surface area contributed by atoms with Gasteiger partial charge in [0.15, 0.2) is 0 Å². The van der Waals surface area contributed by atoms with Gasteiger partial charge in [-0.2, -0.15) is 0 Å². The summed E-state index contributed by atoms with van der Waals surface area (Å²) >= 11 is 5.95. The van der Waals surface area contributed by atoms with Crippen LogP contribution in [-0.4, -0.2) is 28.0 Å². The van der Waals surface area contributed by atoms with Crippen LogP contribution in [0.3, 0.4) is 0 Å². The van der Waals surface area contributed by atoms with Gasteiger partial charge in [0.05, 0.1) is 0 Å². The van der Waals surface area contributed by atoms with E-state index >= 15 is 0 Å². The lowest BCUT2D eigenvalue weighted by atomic mass is 9.90. The van der Waals surface area contributed by atoms with Crippen LogP contribution in [0, 0.1) is 5.92 Å². The Labute approximate surface area is 129 Å². The highest BCUT2D eigenvalue weighted by molar-refractivity contribution is 6.29. The van der Waals surface area contributed by atoms with E-state index in [1.807, 2.05) is 20.8 Å². The first-order chi connectivity index (χ1) is 9.52. The number of nitrogens with zero attached hydrogens (tertiary/aromatic N) is 1. The van der Waals surface area contributed by atoms with Crippen molar-refractivity contribution in [1.29, 1.82) is 0 Å². The molecule has 6 heteroatoms. The summed E-state index contributed by atoms with van der Waals surface area (Å²) in [5.74, 6) is -1.74. The summed E-state index contributed by atoms with van der Waals surface area (Å²) in [4.78, 5) is 27.6. The van der Waals surface area contributed by atoms with Gasteiger partial charge in [-0.3, -0.25) is 4.79 Å². The number of hydrogen-bond acceptors (Lipinski definition) is 3. The number of aliphatic carboxylic acids is 1. The summed E-state index contributed by atoms with van der Waals surface area (Å²) in [6.45, 7) is 9.35. The summed E-state index contributed by atoms with van der Waals surface area (Å²) in [6, 6.07) is 2.13. The van der Waals surface area contributed by atoms with Crippen LogP contribution in [0.25, 0.3) is 0 Å². The van der Waals surface area contributed by atoms with Gasteiger partial charge in [-0.1, -0.05) is 46.2 Å². The lowest BCUT2D eigenvalue weighted by Gasteiger charge is -2.20. The topological polar surface area (TPSA) is 79.3 Å². The van der Waals surface area contributed by atoms with Crippen LogP contribution >= 0.6 is 11.6 Å². The van der Waals surface area contributed by atoms with Crippen molar-refractivity contribution in [3.05, 3.63) is 28.5 Å². The van der Waals surface area contributed by atoms with Gasteiger partial charge in [-0.15, -0.1) is 0 Å². The van der Waals surface area contributed by atoms with E-state index in [2.05, 4.69) is 10.3 Å². The molecule has 21 heavy (non-hydrogen) atoms. The van der Waals surface area contributed by atoms with Crippen LogP contribution < -0.4 is 5.32 Å². The fourth-order valence-corrected chi connectivity index (χ4v) is 1.96. The Bertz CT molecular complexity index is 550. The smallest absolute Gasteiger partial charge is 0.326 e. The molecule has 0 aromatic carbocycles. The third-order valence-corrected chi connectivity index (χ3v) is 3.24. The largest absolute Gasteiger partial charge is 0.480 e. The molecule has 1 aromatic heterocycles. The molecular formula is C15H21ClN2O3. The van der Waals surface area contributed by atoms with Crippen molar-refractivity contribution in [2.45, 2.75) is 46.1 Å². The molecule has 0 aliphatic rings. The van der Waals surface area contributed by atoms with Gasteiger partial charge in [-0.25, -0.2) is 9.78 Å². The van der Waals surface area contributed by atoms with Gasteiger partial charge in [0, 0.05) is 16.7 Å². The Morgan fingerprint density at radius 1 is 1.29 bits per heavy atom. The predicted octanol–water partition coefficient (Wildman–Crippen LogP) is 2.87. The first-order valence-corrected chi connectivity index (χ1v) is 7.12. The molecule has 116 valence electrons. The highest BCUT2D eigenvalue weighted by atomic mass is 35.5. The number of carbonyl (C=O) groups excluding carboxylic acids is 1. The van der Waals surface area contributed by atoms with Crippen molar-refractivity contribution < 1.29 is 14.7 Å². The first kappa shape index (κ1) is 17.4. The SMILES string of the molecule is CC(C)[C@H](NC(=O)c1cc(Cl)nc(C(C)(C)C)c1)C(=O)O. The van der Waals surface area contributed by atoms with Crippen LogP contribution in [0.4, 0.5) is 0 Å². The normalized spacial score (nSPS) is 13.1. The number of amides is 1. The van der Waals surface area contributed by atoms with Crippen molar-refractivity contribution >= 4 is 23.5 Å². The van der Waals surface area contributed by atoms with E-state index in [4.69, 9.17) is 16.7 Å². The van der Waals surface area contributed by atoms with Crippen LogP contribution in [-0.2, 0) is 10.2 Å². The number of nitrogens with one attached hydrogen (secondary N) is 1. The molecule has 0 aliphatic heterocycles. The Hall–Kier alpha value is -1.62. The Morgan fingerprint density at radius 3 is 2.29 bits per heavy atom. The molecule has 0 saturated carbocycles. The van der Waals surface area contributed by atoms with Crippen LogP contribution in [0.5, 0.6) is 0 Å². The van der Waals surface area contributed by atoms with Gasteiger partial charge in [0.25, 0.3) is 5.91 Å². The van der Waals surface area contributed by atoms with Crippen LogP contribution in [0.2, 0.25) is 5.15 Å². The zero-order valence-electron chi connectivity index (χ0n) is 12.9. The lowest BCUT2D eigenvalue weighted by Crippen LogP contribution is -2.44. The monoisotopic (exact) mass is 312 g/mol. The summed E-state index contributed by atoms with van der Waals surface area (Å²) in [5.41, 5.74) is 0.730. The Balaban J connectivity index is 3.08. The van der Waals surface area contributed by atoms with E-state index in [9.17, 15) is 9.59 Å². The maximum atomic E-state index is 12.2. The fourth-order valence-electron chi connectivity index (χ4n) is 1.75. The number of hydrogen-bond donors (Lipinski definition) is 2. The molecule has 0 spiro atoms. The minimum absolute atomic E-state index is 0.212. The number of rotatable bonds is 4. The highest BCUT2D eigenvalue weighted by Crippen LogP contribution is 2.23. The zero-order chi connectivity index (χ0) is 16.4. The molecule has 1 rings (SSSR count). The molecule has 1 amide bonds. The van der Waals surface area contributed by atoms with Gasteiger partial charge in [-0.05, 0) is 18.1 Å². The zero-order valence-corrected chi connectivity index (χ0v) is 13.7. The summed E-state index contributed by atoms with van der Waals surface area (Å²) in [5, 5.41) is 11.8. The van der Waals surface area contributed by atoms with Crippen molar-refractivity contribution in [3.8, 4) is 0 Å². The second-order valence-electron chi connectivity index (χ2n) is 6.35. The third kappa shape index (κ3) is 4.70. The first-order valence-electron chi connectivity index (χ1n) is 6.74. The Morgan fingerprint density at radius 2 is 1.86 bits per heavy atom. The number of pyridine rings is 1. The molecule has 0 radical (unpaired) electrons. The standard InChI is InChI=1S/C15H21ClN2O3/c1-8(2)12(14(20)21)18-13(19)9-6-10(15(3,4)5)17-11(16)7-9/h6-8,12H,1-5H3,(H,18,19)(H,20,21)/t12-/m0/s1. The third-order valence-electron chi connectivity index (χ3n) is 3.04. The second kappa shape index (κ2) is 6.43. The van der Waals surface area contributed by atoms with Crippen molar-refractivity contribution in [2.75, 3.05) is 0 Å². The molecule has 0 unspecified atom stereocenters. The lowest BCUT2D eigenvalue weighted by molar-refractivity contribution is -0.140. The average Bonchev–Trinajstić information content (AvgIpc) is 2.32. The number of halogens is 1. The second-order valence-corrected chi connectivity index (χ2v) is 6.73. The molecule has 1 atom stereocenters. The molecule has 2 N–H and O–H groups in total. The van der Waals surface area contributed by atoms with Crippen molar-refractivity contribution in [1.82, 2.24) is 10.3 Å². The van der Waals surface area contributed by atoms with Gasteiger partial charge in [0.2, 0.25) is 0 Å². The maximum Gasteiger partial charge on any atom is 0.326 e. The summed E-state index contributed by atoms with van der Waals surface area (Å²) in [6.07, 6.45) is 0. The molecular weight excluding hydrogens is 292 g/mol. The quantitative estimate of drug-likeness (QED) is 0.838. The van der Waals surface area contributed by atoms with Crippen molar-refractivity contribution in [2.24, 2.45) is 5.92 Å². The number of carbonyl (C=O) groups is 2. The van der Waals surface area contributed by atoms with Crippen molar-refractivity contribution in [3.63, 3.8) is 0 Å². The molecule has 0 fully saturated rings. The van der Waals surface area contributed by atoms with Crippen LogP contribution in [0.1, 0.15) is 50.7 Å². The highest BCUT2D eigenvalue weighted by Gasteiger charge is 2.25. The number of aromatic nitrogens is 1. The minimum Gasteiger partial charge on any atom is -0.480 e. The maximum absolute atomic E-state index is 12.2. The minimum atomic E-state index is -1.06. The van der Waals surface area contributed by atoms with Gasteiger partial charge < -0.3 is 10.4 Å². The molecule has 0 saturated heterocycles. The average molecular weight is 313 g/mol. The van der Waals surface area contributed by atoms with Gasteiger partial charge >= 0.3 is 5.97 Å². The molecule has 1 heterocycles.